The molecule has 1 saturated heterocycles. The minimum Gasteiger partial charge on any atom is -0.480 e. The Bertz CT molecular complexity index is 583. The van der Waals surface area contributed by atoms with Gasteiger partial charge >= 0.3 is 5.97 Å². The smallest absolute Gasteiger partial charge is 0.323 e. The Morgan fingerprint density at radius 2 is 1.76 bits per heavy atom. The lowest BCUT2D eigenvalue weighted by Gasteiger charge is -2.28. The van der Waals surface area contributed by atoms with Crippen molar-refractivity contribution in [3.05, 3.63) is 35.9 Å². The molecule has 0 bridgehead atoms. The largest absolute Gasteiger partial charge is 0.480 e. The monoisotopic (exact) mass is 287 g/mol. The minimum absolute atomic E-state index is 0.272. The van der Waals surface area contributed by atoms with Gasteiger partial charge in [-0.1, -0.05) is 30.3 Å². The van der Waals surface area contributed by atoms with Crippen molar-refractivity contribution >= 4 is 17.8 Å². The lowest BCUT2D eigenvalue weighted by molar-refractivity contribution is -0.149. The van der Waals surface area contributed by atoms with Crippen molar-refractivity contribution in [2.75, 3.05) is 6.54 Å². The third kappa shape index (κ3) is 2.44. The van der Waals surface area contributed by atoms with E-state index < -0.39 is 12.5 Å². The minimum atomic E-state index is -1.14. The Labute approximate surface area is 122 Å². The highest BCUT2D eigenvalue weighted by molar-refractivity contribution is 6.07. The molecule has 1 aromatic carbocycles. The number of carbonyl (C=O) groups is 3. The number of carboxylic acids is 1. The molecule has 5 heteroatoms. The fraction of sp³-hybridized carbons (Fsp3) is 0.438. The fourth-order valence-corrected chi connectivity index (χ4v) is 3.57. The molecule has 1 N–H and O–H groups in total. The highest BCUT2D eigenvalue weighted by Gasteiger charge is 2.50. The Balaban J connectivity index is 1.78. The number of amides is 2. The van der Waals surface area contributed by atoms with Crippen molar-refractivity contribution in [2.24, 2.45) is 11.8 Å². The molecule has 5 nitrogen and oxygen atoms in total. The maximum absolute atomic E-state index is 12.3. The molecule has 2 amide bonds. The molecule has 0 radical (unpaired) electrons. The van der Waals surface area contributed by atoms with Gasteiger partial charge in [-0.05, 0) is 30.7 Å². The summed E-state index contributed by atoms with van der Waals surface area (Å²) in [6, 6.07) is 9.98. The lowest BCUT2D eigenvalue weighted by Crippen LogP contribution is -2.35. The second-order valence-corrected chi connectivity index (χ2v) is 5.79. The van der Waals surface area contributed by atoms with Gasteiger partial charge in [0.15, 0.2) is 0 Å². The van der Waals surface area contributed by atoms with Gasteiger partial charge < -0.3 is 5.11 Å². The van der Waals surface area contributed by atoms with E-state index in [4.69, 9.17) is 5.11 Å². The van der Waals surface area contributed by atoms with Gasteiger partial charge in [0.1, 0.15) is 6.54 Å². The van der Waals surface area contributed by atoms with E-state index in [2.05, 4.69) is 0 Å². The molecule has 3 rings (SSSR count). The average Bonchev–Trinajstić information content (AvgIpc) is 2.72. The van der Waals surface area contributed by atoms with Crippen LogP contribution in [0.1, 0.15) is 30.7 Å². The number of carboxylic acid groups (broad SMARTS) is 1. The van der Waals surface area contributed by atoms with Gasteiger partial charge in [0.25, 0.3) is 0 Å². The van der Waals surface area contributed by atoms with Gasteiger partial charge in [0.2, 0.25) is 11.8 Å². The topological polar surface area (TPSA) is 74.7 Å². The van der Waals surface area contributed by atoms with Crippen LogP contribution in [0.3, 0.4) is 0 Å². The summed E-state index contributed by atoms with van der Waals surface area (Å²) in [6.07, 6.45) is 2.16. The van der Waals surface area contributed by atoms with Crippen LogP contribution < -0.4 is 0 Å². The van der Waals surface area contributed by atoms with E-state index in [0.717, 1.165) is 11.3 Å². The zero-order chi connectivity index (χ0) is 15.0. The number of carbonyl (C=O) groups excluding carboxylic acids is 2. The molecule has 1 aromatic rings. The highest BCUT2D eigenvalue weighted by Crippen LogP contribution is 2.44. The third-order valence-electron chi connectivity index (χ3n) is 4.58. The summed E-state index contributed by atoms with van der Waals surface area (Å²) in [7, 11) is 0. The van der Waals surface area contributed by atoms with Gasteiger partial charge in [-0.3, -0.25) is 19.3 Å². The first-order valence-corrected chi connectivity index (χ1v) is 7.20. The molecule has 110 valence electrons. The van der Waals surface area contributed by atoms with Crippen molar-refractivity contribution in [2.45, 2.75) is 25.2 Å². The molecule has 1 aliphatic carbocycles. The molecule has 1 saturated carbocycles. The summed E-state index contributed by atoms with van der Waals surface area (Å²) in [5.74, 6) is -2.16. The summed E-state index contributed by atoms with van der Waals surface area (Å²) in [4.78, 5) is 36.2. The number of hydrogen-bond donors (Lipinski definition) is 1. The average molecular weight is 287 g/mol. The second-order valence-electron chi connectivity index (χ2n) is 5.79. The SMILES string of the molecule is O=C(O)CN1C(=O)[C@@H]2CC[C@H](c3ccccc3)C[C@H]2C1=O. The van der Waals surface area contributed by atoms with Crippen LogP contribution in [0.5, 0.6) is 0 Å². The first-order chi connectivity index (χ1) is 10.1. The molecule has 0 spiro atoms. The number of hydrogen-bond acceptors (Lipinski definition) is 3. The van der Waals surface area contributed by atoms with E-state index >= 15 is 0 Å². The predicted molar refractivity (Wildman–Crippen MR) is 74.4 cm³/mol. The Hall–Kier alpha value is -2.17. The maximum Gasteiger partial charge on any atom is 0.323 e. The standard InChI is InChI=1S/C16H17NO4/c18-14(19)9-17-15(20)12-7-6-11(8-13(12)16(17)21)10-4-2-1-3-5-10/h1-5,11-13H,6-9H2,(H,18,19)/t11-,12+,13+/m0/s1. The molecule has 0 unspecified atom stereocenters. The number of likely N-dealkylation sites (tertiary alicyclic amines) is 1. The fourth-order valence-electron chi connectivity index (χ4n) is 3.57. The van der Waals surface area contributed by atoms with Crippen molar-refractivity contribution in [1.29, 1.82) is 0 Å². The van der Waals surface area contributed by atoms with E-state index in [0.29, 0.717) is 12.8 Å². The number of rotatable bonds is 3. The lowest BCUT2D eigenvalue weighted by atomic mass is 9.73. The molecule has 21 heavy (non-hydrogen) atoms. The predicted octanol–water partition coefficient (Wildman–Crippen LogP) is 1.64. The van der Waals surface area contributed by atoms with Gasteiger partial charge in [0.05, 0.1) is 11.8 Å². The summed E-state index contributed by atoms with van der Waals surface area (Å²) < 4.78 is 0. The van der Waals surface area contributed by atoms with Crippen molar-refractivity contribution in [3.8, 4) is 0 Å². The van der Waals surface area contributed by atoms with Crippen LogP contribution >= 0.6 is 0 Å². The quantitative estimate of drug-likeness (QED) is 0.858. The zero-order valence-corrected chi connectivity index (χ0v) is 11.6. The molecule has 0 aromatic heterocycles. The Kier molecular flexibility index (Phi) is 3.49. The molecular formula is C16H17NO4. The van der Waals surface area contributed by atoms with Crippen LogP contribution in [0.15, 0.2) is 30.3 Å². The van der Waals surface area contributed by atoms with Crippen LogP contribution in [-0.4, -0.2) is 34.3 Å². The maximum atomic E-state index is 12.3. The summed E-state index contributed by atoms with van der Waals surface area (Å²) >= 11 is 0. The first kappa shape index (κ1) is 13.8. The van der Waals surface area contributed by atoms with Crippen LogP contribution in [0.25, 0.3) is 0 Å². The number of fused-ring (bicyclic) bond motifs is 1. The van der Waals surface area contributed by atoms with Gasteiger partial charge in [-0.25, -0.2) is 0 Å². The van der Waals surface area contributed by atoms with Gasteiger partial charge in [0, 0.05) is 0 Å². The Morgan fingerprint density at radius 3 is 2.43 bits per heavy atom. The second kappa shape index (κ2) is 5.31. The van der Waals surface area contributed by atoms with Crippen LogP contribution in [-0.2, 0) is 14.4 Å². The van der Waals surface area contributed by atoms with Crippen molar-refractivity contribution in [3.63, 3.8) is 0 Å². The van der Waals surface area contributed by atoms with E-state index in [1.807, 2.05) is 30.3 Å². The van der Waals surface area contributed by atoms with E-state index in [1.165, 1.54) is 5.56 Å². The zero-order valence-electron chi connectivity index (χ0n) is 11.6. The van der Waals surface area contributed by atoms with Crippen molar-refractivity contribution < 1.29 is 19.5 Å². The van der Waals surface area contributed by atoms with Crippen LogP contribution in [0.2, 0.25) is 0 Å². The number of aliphatic carboxylic acids is 1. The summed E-state index contributed by atoms with van der Waals surface area (Å²) in [5, 5.41) is 8.83. The Morgan fingerprint density at radius 1 is 1.10 bits per heavy atom. The van der Waals surface area contributed by atoms with Gasteiger partial charge in [-0.15, -0.1) is 0 Å². The van der Waals surface area contributed by atoms with Gasteiger partial charge in [-0.2, -0.15) is 0 Å². The highest BCUT2D eigenvalue weighted by atomic mass is 16.4. The van der Waals surface area contributed by atoms with Crippen LogP contribution in [0, 0.1) is 11.8 Å². The molecule has 3 atom stereocenters. The number of benzene rings is 1. The van der Waals surface area contributed by atoms with E-state index in [1.54, 1.807) is 0 Å². The normalized spacial score (nSPS) is 28.6. The van der Waals surface area contributed by atoms with Crippen molar-refractivity contribution in [1.82, 2.24) is 4.90 Å². The third-order valence-corrected chi connectivity index (χ3v) is 4.58. The molecular weight excluding hydrogens is 270 g/mol. The molecule has 1 aliphatic heterocycles. The molecule has 1 heterocycles. The number of nitrogens with zero attached hydrogens (tertiary/aromatic N) is 1. The van der Waals surface area contributed by atoms with E-state index in [9.17, 15) is 14.4 Å². The van der Waals surface area contributed by atoms with E-state index in [-0.39, 0.29) is 29.6 Å². The molecule has 2 aliphatic rings. The number of imide groups is 1. The molecule has 2 fully saturated rings. The summed E-state index contributed by atoms with van der Waals surface area (Å²) in [5.41, 5.74) is 1.19. The van der Waals surface area contributed by atoms with Crippen LogP contribution in [0.4, 0.5) is 0 Å². The first-order valence-electron chi connectivity index (χ1n) is 7.20. The summed E-state index contributed by atoms with van der Waals surface area (Å²) in [6.45, 7) is -0.513.